The van der Waals surface area contributed by atoms with Gasteiger partial charge in [0.15, 0.2) is 0 Å². The molecule has 0 radical (unpaired) electrons. The zero-order chi connectivity index (χ0) is 16.9. The molecule has 0 aliphatic rings. The molecule has 6 heteroatoms. The summed E-state index contributed by atoms with van der Waals surface area (Å²) in [5, 5.41) is 3.96. The molecule has 0 fully saturated rings. The third-order valence-electron chi connectivity index (χ3n) is 3.56. The van der Waals surface area contributed by atoms with E-state index in [4.69, 9.17) is 9.26 Å². The molecule has 1 aromatic heterocycles. The molecule has 6 nitrogen and oxygen atoms in total. The van der Waals surface area contributed by atoms with Crippen molar-refractivity contribution < 1.29 is 14.1 Å². The highest BCUT2D eigenvalue weighted by molar-refractivity contribution is 5.93. The number of carbonyl (C=O) groups excluding carboxylic acids is 1. The number of nitrogens with zero attached hydrogens (tertiary/aromatic N) is 3. The Kier molecular flexibility index (Phi) is 4.56. The lowest BCUT2D eigenvalue weighted by Gasteiger charge is -2.14. The normalized spacial score (nSPS) is 10.4. The molecule has 1 heterocycles. The Morgan fingerprint density at radius 1 is 1.12 bits per heavy atom. The summed E-state index contributed by atoms with van der Waals surface area (Å²) in [6.07, 6.45) is 0. The highest BCUT2D eigenvalue weighted by atomic mass is 16.5. The summed E-state index contributed by atoms with van der Waals surface area (Å²) in [5.41, 5.74) is 1.44. The number of methoxy groups -OCH3 is 1. The lowest BCUT2D eigenvalue weighted by atomic mass is 10.2. The monoisotopic (exact) mass is 323 g/mol. The SMILES string of the molecule is COc1ccc(-c2noc(CN(C)C(=O)c3ccccc3)n2)cc1. The van der Waals surface area contributed by atoms with Crippen LogP contribution < -0.4 is 4.74 Å². The molecule has 0 bridgehead atoms. The average molecular weight is 323 g/mol. The van der Waals surface area contributed by atoms with Gasteiger partial charge in [0.2, 0.25) is 11.7 Å². The van der Waals surface area contributed by atoms with Gasteiger partial charge in [-0.25, -0.2) is 0 Å². The lowest BCUT2D eigenvalue weighted by molar-refractivity contribution is 0.0769. The van der Waals surface area contributed by atoms with E-state index in [0.29, 0.717) is 17.3 Å². The molecular weight excluding hydrogens is 306 g/mol. The van der Waals surface area contributed by atoms with Crippen molar-refractivity contribution in [2.45, 2.75) is 6.54 Å². The second-order valence-corrected chi connectivity index (χ2v) is 5.27. The first-order valence-corrected chi connectivity index (χ1v) is 7.45. The van der Waals surface area contributed by atoms with Crippen LogP contribution in [-0.4, -0.2) is 35.1 Å². The average Bonchev–Trinajstić information content (AvgIpc) is 3.10. The minimum atomic E-state index is -0.0974. The largest absolute Gasteiger partial charge is 0.497 e. The topological polar surface area (TPSA) is 68.5 Å². The predicted molar refractivity (Wildman–Crippen MR) is 88.5 cm³/mol. The minimum absolute atomic E-state index is 0.0974. The zero-order valence-corrected chi connectivity index (χ0v) is 13.5. The summed E-state index contributed by atoms with van der Waals surface area (Å²) in [6.45, 7) is 0.247. The summed E-state index contributed by atoms with van der Waals surface area (Å²) < 4.78 is 10.4. The van der Waals surface area contributed by atoms with E-state index in [1.54, 1.807) is 31.2 Å². The molecular formula is C18H17N3O3. The molecule has 0 aliphatic carbocycles. The number of hydrogen-bond acceptors (Lipinski definition) is 5. The Bertz CT molecular complexity index is 813. The van der Waals surface area contributed by atoms with Crippen LogP contribution in [0.2, 0.25) is 0 Å². The molecule has 0 saturated heterocycles. The molecule has 0 aliphatic heterocycles. The van der Waals surface area contributed by atoms with Crippen LogP contribution in [0.3, 0.4) is 0 Å². The standard InChI is InChI=1S/C18H17N3O3/c1-21(18(22)14-6-4-3-5-7-14)12-16-19-17(20-24-16)13-8-10-15(23-2)11-9-13/h3-11H,12H2,1-2H3. The van der Waals surface area contributed by atoms with Crippen molar-refractivity contribution in [3.05, 3.63) is 66.1 Å². The number of ether oxygens (including phenoxy) is 1. The molecule has 0 spiro atoms. The Hall–Kier alpha value is -3.15. The summed E-state index contributed by atoms with van der Waals surface area (Å²) in [6, 6.07) is 16.4. The zero-order valence-electron chi connectivity index (χ0n) is 13.5. The van der Waals surface area contributed by atoms with Crippen LogP contribution in [0.25, 0.3) is 11.4 Å². The molecule has 3 rings (SSSR count). The van der Waals surface area contributed by atoms with Gasteiger partial charge in [-0.15, -0.1) is 0 Å². The third-order valence-corrected chi connectivity index (χ3v) is 3.56. The first-order chi connectivity index (χ1) is 11.7. The fourth-order valence-corrected chi connectivity index (χ4v) is 2.25. The highest BCUT2D eigenvalue weighted by Gasteiger charge is 2.16. The smallest absolute Gasteiger partial charge is 0.254 e. The van der Waals surface area contributed by atoms with Gasteiger partial charge in [0.25, 0.3) is 5.91 Å². The number of rotatable bonds is 5. The van der Waals surface area contributed by atoms with Crippen LogP contribution in [0.4, 0.5) is 0 Å². The van der Waals surface area contributed by atoms with Crippen molar-refractivity contribution >= 4 is 5.91 Å². The van der Waals surface area contributed by atoms with E-state index < -0.39 is 0 Å². The summed E-state index contributed by atoms with van der Waals surface area (Å²) in [7, 11) is 3.31. The highest BCUT2D eigenvalue weighted by Crippen LogP contribution is 2.20. The van der Waals surface area contributed by atoms with Gasteiger partial charge in [0.1, 0.15) is 5.75 Å². The Morgan fingerprint density at radius 2 is 1.83 bits per heavy atom. The number of hydrogen-bond donors (Lipinski definition) is 0. The van der Waals surface area contributed by atoms with E-state index in [9.17, 15) is 4.79 Å². The van der Waals surface area contributed by atoms with Gasteiger partial charge in [-0.05, 0) is 36.4 Å². The minimum Gasteiger partial charge on any atom is -0.497 e. The number of amides is 1. The van der Waals surface area contributed by atoms with Gasteiger partial charge in [-0.1, -0.05) is 23.4 Å². The molecule has 0 atom stereocenters. The molecule has 1 amide bonds. The second-order valence-electron chi connectivity index (χ2n) is 5.27. The van der Waals surface area contributed by atoms with Crippen molar-refractivity contribution in [1.29, 1.82) is 0 Å². The van der Waals surface area contributed by atoms with E-state index in [0.717, 1.165) is 11.3 Å². The lowest BCUT2D eigenvalue weighted by Crippen LogP contribution is -2.26. The van der Waals surface area contributed by atoms with Gasteiger partial charge in [0.05, 0.1) is 13.7 Å². The Morgan fingerprint density at radius 3 is 2.50 bits per heavy atom. The second kappa shape index (κ2) is 6.95. The number of aromatic nitrogens is 2. The molecule has 24 heavy (non-hydrogen) atoms. The van der Waals surface area contributed by atoms with Gasteiger partial charge in [-0.3, -0.25) is 4.79 Å². The van der Waals surface area contributed by atoms with Crippen molar-refractivity contribution in [3.8, 4) is 17.1 Å². The van der Waals surface area contributed by atoms with Crippen LogP contribution in [0.5, 0.6) is 5.75 Å². The molecule has 0 N–H and O–H groups in total. The maximum Gasteiger partial charge on any atom is 0.254 e. The number of benzene rings is 2. The van der Waals surface area contributed by atoms with Crippen LogP contribution in [0.1, 0.15) is 16.2 Å². The third kappa shape index (κ3) is 3.43. The summed E-state index contributed by atoms with van der Waals surface area (Å²) >= 11 is 0. The molecule has 0 saturated carbocycles. The quantitative estimate of drug-likeness (QED) is 0.722. The molecule has 0 unspecified atom stereocenters. The first kappa shape index (κ1) is 15.7. The van der Waals surface area contributed by atoms with Gasteiger partial charge >= 0.3 is 0 Å². The number of carbonyl (C=O) groups is 1. The predicted octanol–water partition coefficient (Wildman–Crippen LogP) is 3.02. The van der Waals surface area contributed by atoms with E-state index in [-0.39, 0.29) is 12.5 Å². The Labute approximate surface area is 139 Å². The molecule has 122 valence electrons. The van der Waals surface area contributed by atoms with Crippen LogP contribution >= 0.6 is 0 Å². The van der Waals surface area contributed by atoms with Crippen molar-refractivity contribution in [2.24, 2.45) is 0 Å². The Balaban J connectivity index is 1.70. The van der Waals surface area contributed by atoms with Crippen LogP contribution in [0, 0.1) is 0 Å². The van der Waals surface area contributed by atoms with E-state index in [1.807, 2.05) is 42.5 Å². The van der Waals surface area contributed by atoms with Gasteiger partial charge in [-0.2, -0.15) is 4.98 Å². The molecule has 2 aromatic carbocycles. The van der Waals surface area contributed by atoms with Crippen LogP contribution in [0.15, 0.2) is 59.1 Å². The maximum atomic E-state index is 12.3. The summed E-state index contributed by atoms with van der Waals surface area (Å²) in [5.74, 6) is 1.52. The van der Waals surface area contributed by atoms with E-state index in [2.05, 4.69) is 10.1 Å². The first-order valence-electron chi connectivity index (χ1n) is 7.45. The van der Waals surface area contributed by atoms with E-state index in [1.165, 1.54) is 0 Å². The van der Waals surface area contributed by atoms with Gasteiger partial charge < -0.3 is 14.2 Å². The van der Waals surface area contributed by atoms with Crippen molar-refractivity contribution in [3.63, 3.8) is 0 Å². The molecule has 3 aromatic rings. The van der Waals surface area contributed by atoms with Crippen LogP contribution in [-0.2, 0) is 6.54 Å². The van der Waals surface area contributed by atoms with Gasteiger partial charge in [0, 0.05) is 18.2 Å². The summed E-state index contributed by atoms with van der Waals surface area (Å²) in [4.78, 5) is 18.2. The van der Waals surface area contributed by atoms with Crippen molar-refractivity contribution in [2.75, 3.05) is 14.2 Å². The van der Waals surface area contributed by atoms with Crippen molar-refractivity contribution in [1.82, 2.24) is 15.0 Å². The van der Waals surface area contributed by atoms with E-state index >= 15 is 0 Å². The fraction of sp³-hybridized carbons (Fsp3) is 0.167. The fourth-order valence-electron chi connectivity index (χ4n) is 2.25. The maximum absolute atomic E-state index is 12.3.